The van der Waals surface area contributed by atoms with Crippen molar-refractivity contribution in [2.24, 2.45) is 5.73 Å². The van der Waals surface area contributed by atoms with Crippen molar-refractivity contribution >= 4 is 0 Å². The summed E-state index contributed by atoms with van der Waals surface area (Å²) in [5.41, 5.74) is 13.2. The fourth-order valence-corrected chi connectivity index (χ4v) is 3.07. The first-order valence-corrected chi connectivity index (χ1v) is 7.25. The van der Waals surface area contributed by atoms with Crippen LogP contribution in [-0.4, -0.2) is 11.4 Å². The van der Waals surface area contributed by atoms with E-state index in [4.69, 9.17) is 5.73 Å². The van der Waals surface area contributed by atoms with Gasteiger partial charge in [-0.1, -0.05) is 48.0 Å². The molecule has 0 fully saturated rings. The Balaban J connectivity index is 1.72. The van der Waals surface area contributed by atoms with E-state index in [2.05, 4.69) is 61.2 Å². The summed E-state index contributed by atoms with van der Waals surface area (Å²) in [4.78, 5) is 2.44. The van der Waals surface area contributed by atoms with E-state index >= 15 is 0 Å². The van der Waals surface area contributed by atoms with Gasteiger partial charge in [-0.05, 0) is 36.1 Å². The number of nitrogens with zero attached hydrogens (tertiary/aromatic N) is 1. The second-order valence-electron chi connectivity index (χ2n) is 5.90. The summed E-state index contributed by atoms with van der Waals surface area (Å²) in [6.07, 6.45) is 0. The van der Waals surface area contributed by atoms with Crippen LogP contribution in [0, 0.1) is 13.8 Å². The molecule has 0 radical (unpaired) electrons. The van der Waals surface area contributed by atoms with Crippen LogP contribution < -0.4 is 5.73 Å². The third-order valence-electron chi connectivity index (χ3n) is 4.20. The van der Waals surface area contributed by atoms with Gasteiger partial charge in [0.25, 0.3) is 0 Å². The van der Waals surface area contributed by atoms with Crippen LogP contribution in [0.3, 0.4) is 0 Å². The minimum absolute atomic E-state index is 0.0872. The first kappa shape index (κ1) is 13.3. The van der Waals surface area contributed by atoms with Crippen molar-refractivity contribution < 1.29 is 0 Å². The zero-order valence-corrected chi connectivity index (χ0v) is 12.3. The van der Waals surface area contributed by atoms with Crippen LogP contribution in [0.15, 0.2) is 42.5 Å². The summed E-state index contributed by atoms with van der Waals surface area (Å²) in [6.45, 7) is 7.23. The second-order valence-corrected chi connectivity index (χ2v) is 5.90. The first-order valence-electron chi connectivity index (χ1n) is 7.25. The van der Waals surface area contributed by atoms with Crippen LogP contribution in [0.2, 0.25) is 0 Å². The third kappa shape index (κ3) is 2.62. The molecule has 2 heteroatoms. The minimum atomic E-state index is 0.0872. The van der Waals surface area contributed by atoms with E-state index in [9.17, 15) is 0 Å². The molecule has 104 valence electrons. The number of fused-ring (bicyclic) bond motifs is 1. The lowest BCUT2D eigenvalue weighted by Gasteiger charge is -2.22. The van der Waals surface area contributed by atoms with Gasteiger partial charge in [-0.15, -0.1) is 0 Å². The fourth-order valence-electron chi connectivity index (χ4n) is 3.07. The van der Waals surface area contributed by atoms with Crippen LogP contribution >= 0.6 is 0 Å². The van der Waals surface area contributed by atoms with Gasteiger partial charge in [0.05, 0.1) is 0 Å². The van der Waals surface area contributed by atoms with E-state index in [0.717, 1.165) is 19.6 Å². The highest BCUT2D eigenvalue weighted by Crippen LogP contribution is 2.25. The maximum absolute atomic E-state index is 6.44. The van der Waals surface area contributed by atoms with Crippen molar-refractivity contribution in [3.8, 4) is 0 Å². The number of benzene rings is 2. The number of rotatable bonds is 3. The van der Waals surface area contributed by atoms with Crippen molar-refractivity contribution in [1.29, 1.82) is 0 Å². The van der Waals surface area contributed by atoms with Crippen molar-refractivity contribution in [1.82, 2.24) is 4.90 Å². The maximum atomic E-state index is 6.44. The summed E-state index contributed by atoms with van der Waals surface area (Å²) in [6, 6.07) is 15.3. The van der Waals surface area contributed by atoms with Crippen molar-refractivity contribution in [2.75, 3.05) is 6.54 Å². The molecule has 0 amide bonds. The van der Waals surface area contributed by atoms with Crippen LogP contribution in [0.4, 0.5) is 0 Å². The molecule has 1 heterocycles. The average molecular weight is 266 g/mol. The third-order valence-corrected chi connectivity index (χ3v) is 4.20. The zero-order valence-electron chi connectivity index (χ0n) is 12.3. The minimum Gasteiger partial charge on any atom is -0.323 e. The molecule has 0 saturated heterocycles. The number of aryl methyl sites for hydroxylation is 2. The summed E-state index contributed by atoms with van der Waals surface area (Å²) in [5, 5.41) is 0. The first-order chi connectivity index (χ1) is 9.63. The predicted molar refractivity (Wildman–Crippen MR) is 83.4 cm³/mol. The smallest absolute Gasteiger partial charge is 0.0427 e. The lowest BCUT2D eigenvalue weighted by atomic mass is 9.99. The summed E-state index contributed by atoms with van der Waals surface area (Å²) < 4.78 is 0. The molecule has 0 bridgehead atoms. The molecule has 0 aromatic heterocycles. The Bertz CT molecular complexity index is 594. The summed E-state index contributed by atoms with van der Waals surface area (Å²) >= 11 is 0. The quantitative estimate of drug-likeness (QED) is 0.923. The van der Waals surface area contributed by atoms with Crippen molar-refractivity contribution in [3.05, 3.63) is 70.3 Å². The fraction of sp³-hybridized carbons (Fsp3) is 0.333. The van der Waals surface area contributed by atoms with Gasteiger partial charge >= 0.3 is 0 Å². The molecule has 20 heavy (non-hydrogen) atoms. The number of hydrogen-bond donors (Lipinski definition) is 1. The SMILES string of the molecule is Cc1ccc(C)c(C(N)CN2Cc3ccccc3C2)c1. The molecular formula is C18H22N2. The van der Waals surface area contributed by atoms with Gasteiger partial charge in [-0.3, -0.25) is 4.90 Å². The molecule has 0 aliphatic carbocycles. The van der Waals surface area contributed by atoms with Crippen LogP contribution in [0.25, 0.3) is 0 Å². The Hall–Kier alpha value is -1.64. The highest BCUT2D eigenvalue weighted by Gasteiger charge is 2.21. The molecule has 1 aliphatic rings. The van der Waals surface area contributed by atoms with Crippen LogP contribution in [0.5, 0.6) is 0 Å². The summed E-state index contributed by atoms with van der Waals surface area (Å²) in [7, 11) is 0. The standard InChI is InChI=1S/C18H22N2/c1-13-7-8-14(2)17(9-13)18(19)12-20-10-15-5-3-4-6-16(15)11-20/h3-9,18H,10-12,19H2,1-2H3. The maximum Gasteiger partial charge on any atom is 0.0427 e. The second kappa shape index (κ2) is 5.39. The Morgan fingerprint density at radius 2 is 1.70 bits per heavy atom. The zero-order chi connectivity index (χ0) is 14.1. The molecule has 0 spiro atoms. The number of nitrogens with two attached hydrogens (primary N) is 1. The Morgan fingerprint density at radius 3 is 2.35 bits per heavy atom. The molecule has 1 aliphatic heterocycles. The van der Waals surface area contributed by atoms with E-state index in [1.807, 2.05) is 0 Å². The molecule has 0 saturated carbocycles. The average Bonchev–Trinajstić information content (AvgIpc) is 2.83. The van der Waals surface area contributed by atoms with Gasteiger partial charge in [0, 0.05) is 25.7 Å². The van der Waals surface area contributed by atoms with Crippen LogP contribution in [0.1, 0.15) is 33.9 Å². The monoisotopic (exact) mass is 266 g/mol. The van der Waals surface area contributed by atoms with Crippen molar-refractivity contribution in [3.63, 3.8) is 0 Å². The molecule has 2 aromatic carbocycles. The van der Waals surface area contributed by atoms with Crippen LogP contribution in [-0.2, 0) is 13.1 Å². The van der Waals surface area contributed by atoms with Gasteiger partial charge in [-0.2, -0.15) is 0 Å². The predicted octanol–water partition coefficient (Wildman–Crippen LogP) is 3.32. The molecule has 1 unspecified atom stereocenters. The highest BCUT2D eigenvalue weighted by atomic mass is 15.1. The van der Waals surface area contributed by atoms with Gasteiger partial charge in [0.2, 0.25) is 0 Å². The number of hydrogen-bond acceptors (Lipinski definition) is 2. The van der Waals surface area contributed by atoms with E-state index < -0.39 is 0 Å². The Kier molecular flexibility index (Phi) is 3.60. The molecule has 3 rings (SSSR count). The lowest BCUT2D eigenvalue weighted by molar-refractivity contribution is 0.265. The Labute approximate surface area is 121 Å². The van der Waals surface area contributed by atoms with E-state index in [1.165, 1.54) is 27.8 Å². The van der Waals surface area contributed by atoms with Gasteiger partial charge in [-0.25, -0.2) is 0 Å². The van der Waals surface area contributed by atoms with Gasteiger partial charge in [0.1, 0.15) is 0 Å². The van der Waals surface area contributed by atoms with Gasteiger partial charge < -0.3 is 5.73 Å². The molecule has 1 atom stereocenters. The topological polar surface area (TPSA) is 29.3 Å². The van der Waals surface area contributed by atoms with Gasteiger partial charge in [0.15, 0.2) is 0 Å². The van der Waals surface area contributed by atoms with E-state index in [0.29, 0.717) is 0 Å². The molecular weight excluding hydrogens is 244 g/mol. The summed E-state index contributed by atoms with van der Waals surface area (Å²) in [5.74, 6) is 0. The highest BCUT2D eigenvalue weighted by molar-refractivity contribution is 5.34. The molecule has 2 aromatic rings. The van der Waals surface area contributed by atoms with E-state index in [-0.39, 0.29) is 6.04 Å². The Morgan fingerprint density at radius 1 is 1.05 bits per heavy atom. The molecule has 2 nitrogen and oxygen atoms in total. The van der Waals surface area contributed by atoms with Crippen molar-refractivity contribution in [2.45, 2.75) is 33.0 Å². The lowest BCUT2D eigenvalue weighted by Crippen LogP contribution is -2.28. The van der Waals surface area contributed by atoms with E-state index in [1.54, 1.807) is 0 Å². The molecule has 2 N–H and O–H groups in total. The largest absolute Gasteiger partial charge is 0.323 e. The normalized spacial score (nSPS) is 16.1.